The van der Waals surface area contributed by atoms with E-state index in [4.69, 9.17) is 9.47 Å². The van der Waals surface area contributed by atoms with E-state index in [9.17, 15) is 9.59 Å². The first-order valence-electron chi connectivity index (χ1n) is 10.8. The van der Waals surface area contributed by atoms with Gasteiger partial charge in [0.05, 0.1) is 13.7 Å². The van der Waals surface area contributed by atoms with Crippen molar-refractivity contribution in [1.82, 2.24) is 20.8 Å². The van der Waals surface area contributed by atoms with Gasteiger partial charge in [-0.15, -0.1) is 0 Å². The van der Waals surface area contributed by atoms with E-state index in [2.05, 4.69) is 20.8 Å². The number of nitrogens with zero attached hydrogens (tertiary/aromatic N) is 2. The number of nitrogens with one attached hydrogen (secondary N) is 2. The van der Waals surface area contributed by atoms with E-state index in [1.165, 1.54) is 0 Å². The fraction of sp³-hybridized carbons (Fsp3) is 0.280. The van der Waals surface area contributed by atoms with Gasteiger partial charge in [0.1, 0.15) is 11.5 Å². The molecule has 9 heteroatoms. The Kier molecular flexibility index (Phi) is 9.28. The largest absolute Gasteiger partial charge is 0.497 e. The molecule has 0 fully saturated rings. The Labute approximate surface area is 203 Å². The lowest BCUT2D eigenvalue weighted by Gasteiger charge is -2.09. The third kappa shape index (κ3) is 8.08. The average molecular weight is 481 g/mol. The number of aromatic nitrogens is 2. The van der Waals surface area contributed by atoms with Gasteiger partial charge in [-0.3, -0.25) is 20.4 Å². The number of thioether (sulfide) groups is 1. The molecule has 0 spiro atoms. The number of hydrogen-bond acceptors (Lipinski definition) is 7. The first-order valence-corrected chi connectivity index (χ1v) is 11.8. The molecule has 178 valence electrons. The number of rotatable bonds is 10. The van der Waals surface area contributed by atoms with Gasteiger partial charge in [0.2, 0.25) is 5.91 Å². The number of carbonyl (C=O) groups is 2. The summed E-state index contributed by atoms with van der Waals surface area (Å²) in [5, 5.41) is 0.733. The number of amides is 2. The summed E-state index contributed by atoms with van der Waals surface area (Å²) >= 11 is 1.54. The molecule has 8 nitrogen and oxygen atoms in total. The summed E-state index contributed by atoms with van der Waals surface area (Å²) in [5.41, 5.74) is 8.26. The Morgan fingerprint density at radius 2 is 1.56 bits per heavy atom. The maximum Gasteiger partial charge on any atom is 0.269 e. The van der Waals surface area contributed by atoms with Crippen LogP contribution in [0, 0.1) is 13.8 Å². The number of carbonyl (C=O) groups excluding carboxylic acids is 2. The highest BCUT2D eigenvalue weighted by molar-refractivity contribution is 7.98. The third-order valence-electron chi connectivity index (χ3n) is 4.74. The summed E-state index contributed by atoms with van der Waals surface area (Å²) in [6.45, 7) is 4.28. The molecule has 0 bridgehead atoms. The van der Waals surface area contributed by atoms with Crippen LogP contribution in [0.5, 0.6) is 11.5 Å². The van der Waals surface area contributed by atoms with Crippen LogP contribution < -0.4 is 20.3 Å². The van der Waals surface area contributed by atoms with Gasteiger partial charge in [-0.05, 0) is 68.3 Å². The molecule has 3 rings (SSSR count). The molecule has 1 aromatic heterocycles. The van der Waals surface area contributed by atoms with Crippen LogP contribution in [0.25, 0.3) is 0 Å². The molecule has 0 unspecified atom stereocenters. The minimum absolute atomic E-state index is 0.229. The van der Waals surface area contributed by atoms with Crippen molar-refractivity contribution in [3.8, 4) is 11.5 Å². The van der Waals surface area contributed by atoms with Crippen molar-refractivity contribution < 1.29 is 19.1 Å². The summed E-state index contributed by atoms with van der Waals surface area (Å²) < 4.78 is 10.7. The van der Waals surface area contributed by atoms with Crippen molar-refractivity contribution in [2.45, 2.75) is 37.6 Å². The summed E-state index contributed by atoms with van der Waals surface area (Å²) in [6, 6.07) is 16.4. The highest BCUT2D eigenvalue weighted by Gasteiger charge is 2.08. The normalized spacial score (nSPS) is 10.4. The predicted molar refractivity (Wildman–Crippen MR) is 131 cm³/mol. The van der Waals surface area contributed by atoms with E-state index in [1.807, 2.05) is 44.2 Å². The Morgan fingerprint density at radius 3 is 2.21 bits per heavy atom. The molecule has 2 N–H and O–H groups in total. The van der Waals surface area contributed by atoms with E-state index >= 15 is 0 Å². The second-order valence-electron chi connectivity index (χ2n) is 7.55. The number of methoxy groups -OCH3 is 1. The Balaban J connectivity index is 1.35. The van der Waals surface area contributed by atoms with E-state index in [1.54, 1.807) is 43.1 Å². The maximum absolute atomic E-state index is 12.3. The smallest absolute Gasteiger partial charge is 0.269 e. The molecule has 0 atom stereocenters. The second-order valence-corrected chi connectivity index (χ2v) is 8.49. The van der Waals surface area contributed by atoms with Crippen LogP contribution in [0.4, 0.5) is 0 Å². The Bertz CT molecular complexity index is 1080. The highest BCUT2D eigenvalue weighted by Crippen LogP contribution is 2.20. The summed E-state index contributed by atoms with van der Waals surface area (Å²) in [7, 11) is 1.60. The molecule has 3 aromatic rings. The quantitative estimate of drug-likeness (QED) is 0.196. The fourth-order valence-electron chi connectivity index (χ4n) is 3.01. The van der Waals surface area contributed by atoms with Gasteiger partial charge in [-0.1, -0.05) is 23.9 Å². The molecule has 0 aliphatic heterocycles. The molecule has 2 amide bonds. The highest BCUT2D eigenvalue weighted by atomic mass is 32.2. The zero-order valence-corrected chi connectivity index (χ0v) is 20.3. The van der Waals surface area contributed by atoms with Crippen molar-refractivity contribution in [3.05, 3.63) is 77.1 Å². The summed E-state index contributed by atoms with van der Waals surface area (Å²) in [5.74, 6) is 1.49. The van der Waals surface area contributed by atoms with Gasteiger partial charge in [-0.2, -0.15) is 0 Å². The van der Waals surface area contributed by atoms with Crippen LogP contribution in [0.3, 0.4) is 0 Å². The molecule has 0 aliphatic rings. The first kappa shape index (κ1) is 25.0. The maximum atomic E-state index is 12.3. The van der Waals surface area contributed by atoms with Gasteiger partial charge in [-0.25, -0.2) is 9.97 Å². The number of hydrazine groups is 1. The van der Waals surface area contributed by atoms with Crippen molar-refractivity contribution in [2.24, 2.45) is 0 Å². The van der Waals surface area contributed by atoms with Crippen LogP contribution in [-0.2, 0) is 10.5 Å². The van der Waals surface area contributed by atoms with Gasteiger partial charge in [0.15, 0.2) is 5.16 Å². The number of benzene rings is 2. The minimum Gasteiger partial charge on any atom is -0.497 e. The van der Waals surface area contributed by atoms with E-state index in [0.717, 1.165) is 27.9 Å². The molecular formula is C25H28N4O4S. The van der Waals surface area contributed by atoms with E-state index < -0.39 is 0 Å². The number of hydrogen-bond donors (Lipinski definition) is 2. The second kappa shape index (κ2) is 12.6. The molecule has 34 heavy (non-hydrogen) atoms. The molecule has 0 saturated carbocycles. The number of aryl methyl sites for hydroxylation is 2. The minimum atomic E-state index is -0.375. The fourth-order valence-corrected chi connectivity index (χ4v) is 3.92. The van der Waals surface area contributed by atoms with Crippen LogP contribution in [-0.4, -0.2) is 35.5 Å². The van der Waals surface area contributed by atoms with Gasteiger partial charge in [0, 0.05) is 29.1 Å². The molecule has 0 aliphatic carbocycles. The average Bonchev–Trinajstić information content (AvgIpc) is 2.84. The Morgan fingerprint density at radius 1 is 0.912 bits per heavy atom. The molecule has 0 saturated heterocycles. The lowest BCUT2D eigenvalue weighted by Crippen LogP contribution is -2.41. The predicted octanol–water partition coefficient (Wildman–Crippen LogP) is 4.01. The summed E-state index contributed by atoms with van der Waals surface area (Å²) in [4.78, 5) is 33.1. The first-order chi connectivity index (χ1) is 16.4. The molecule has 1 heterocycles. The molecule has 0 radical (unpaired) electrons. The van der Waals surface area contributed by atoms with Crippen LogP contribution in [0.1, 0.15) is 40.2 Å². The van der Waals surface area contributed by atoms with Crippen LogP contribution in [0.15, 0.2) is 59.8 Å². The molecular weight excluding hydrogens is 452 g/mol. The van der Waals surface area contributed by atoms with Crippen molar-refractivity contribution >= 4 is 23.6 Å². The van der Waals surface area contributed by atoms with E-state index in [-0.39, 0.29) is 18.2 Å². The lowest BCUT2D eigenvalue weighted by molar-refractivity contribution is -0.122. The van der Waals surface area contributed by atoms with Crippen LogP contribution >= 0.6 is 11.8 Å². The van der Waals surface area contributed by atoms with Crippen molar-refractivity contribution in [1.29, 1.82) is 0 Å². The van der Waals surface area contributed by atoms with Gasteiger partial charge in [0.25, 0.3) is 5.91 Å². The topological polar surface area (TPSA) is 102 Å². The zero-order valence-electron chi connectivity index (χ0n) is 19.5. The summed E-state index contributed by atoms with van der Waals surface area (Å²) in [6.07, 6.45) is 0.747. The van der Waals surface area contributed by atoms with Gasteiger partial charge >= 0.3 is 0 Å². The zero-order chi connectivity index (χ0) is 24.3. The standard InChI is InChI=1S/C25H28N4O4S/c1-17-15-18(2)27-25(26-17)34-16-19-6-8-20(9-7-19)24(31)29-28-23(30)5-4-14-33-22-12-10-21(32-3)11-13-22/h6-13,15H,4-5,14,16H2,1-3H3,(H,28,30)(H,29,31). The van der Waals surface area contributed by atoms with Crippen LogP contribution in [0.2, 0.25) is 0 Å². The third-order valence-corrected chi connectivity index (χ3v) is 5.66. The number of ether oxygens (including phenoxy) is 2. The lowest BCUT2D eigenvalue weighted by atomic mass is 10.1. The SMILES string of the molecule is COc1ccc(OCCCC(=O)NNC(=O)c2ccc(CSc3nc(C)cc(C)n3)cc2)cc1. The van der Waals surface area contributed by atoms with Crippen molar-refractivity contribution in [2.75, 3.05) is 13.7 Å². The van der Waals surface area contributed by atoms with Crippen molar-refractivity contribution in [3.63, 3.8) is 0 Å². The van der Waals surface area contributed by atoms with Gasteiger partial charge < -0.3 is 9.47 Å². The van der Waals surface area contributed by atoms with E-state index in [0.29, 0.717) is 30.1 Å². The molecule has 2 aromatic carbocycles. The monoisotopic (exact) mass is 480 g/mol. The Hall–Kier alpha value is -3.59.